The zero-order valence-corrected chi connectivity index (χ0v) is 20.5. The van der Waals surface area contributed by atoms with Gasteiger partial charge in [0.15, 0.2) is 0 Å². The quantitative estimate of drug-likeness (QED) is 0.479. The van der Waals surface area contributed by atoms with E-state index in [0.29, 0.717) is 22.9 Å². The first-order valence-electron chi connectivity index (χ1n) is 11.8. The summed E-state index contributed by atoms with van der Waals surface area (Å²) in [4.78, 5) is 44.1. The summed E-state index contributed by atoms with van der Waals surface area (Å²) in [6.45, 7) is -1.24. The Hall–Kier alpha value is -4.29. The molecule has 0 spiro atoms. The summed E-state index contributed by atoms with van der Waals surface area (Å²) in [5.74, 6) is -0.382. The Morgan fingerprint density at radius 2 is 2.00 bits per heavy atom. The van der Waals surface area contributed by atoms with Gasteiger partial charge in [-0.25, -0.2) is 18.6 Å². The minimum Gasteiger partial charge on any atom is -0.497 e. The smallest absolute Gasteiger partial charge is 0.405 e. The molecule has 2 aromatic rings. The van der Waals surface area contributed by atoms with Gasteiger partial charge in [0, 0.05) is 43.9 Å². The average molecular weight is 532 g/mol. The van der Waals surface area contributed by atoms with Gasteiger partial charge in [-0.3, -0.25) is 14.6 Å². The van der Waals surface area contributed by atoms with Crippen LogP contribution in [0.5, 0.6) is 11.5 Å². The maximum Gasteiger partial charge on any atom is 0.405 e. The number of likely N-dealkylation sites (tertiary alicyclic amines) is 1. The van der Waals surface area contributed by atoms with E-state index in [9.17, 15) is 28.3 Å². The molecule has 13 heteroatoms. The van der Waals surface area contributed by atoms with Crippen molar-refractivity contribution < 1.29 is 37.7 Å². The molecule has 2 aliphatic rings. The highest BCUT2D eigenvalue weighted by Crippen LogP contribution is 2.38. The highest BCUT2D eigenvalue weighted by molar-refractivity contribution is 6.13. The number of carbonyl (C=O) groups excluding carboxylic acids is 2. The molecule has 2 aliphatic heterocycles. The third-order valence-electron chi connectivity index (χ3n) is 6.40. The van der Waals surface area contributed by atoms with E-state index in [1.165, 1.54) is 12.0 Å². The van der Waals surface area contributed by atoms with E-state index < -0.39 is 42.3 Å². The number of halogens is 2. The van der Waals surface area contributed by atoms with Gasteiger partial charge < -0.3 is 24.8 Å². The third-order valence-corrected chi connectivity index (χ3v) is 6.40. The molecule has 1 aromatic carbocycles. The summed E-state index contributed by atoms with van der Waals surface area (Å²) in [7, 11) is 1.49. The maximum atomic E-state index is 13.5. The molecule has 3 amide bonds. The van der Waals surface area contributed by atoms with E-state index >= 15 is 0 Å². The number of alkyl halides is 2. The second kappa shape index (κ2) is 11.4. The number of benzene rings is 1. The topological polar surface area (TPSA) is 134 Å². The van der Waals surface area contributed by atoms with Crippen LogP contribution in [0.4, 0.5) is 13.6 Å². The van der Waals surface area contributed by atoms with Crippen molar-refractivity contribution in [3.8, 4) is 11.5 Å². The summed E-state index contributed by atoms with van der Waals surface area (Å²) in [5.41, 5.74) is -0.463. The van der Waals surface area contributed by atoms with Gasteiger partial charge in [0.25, 0.3) is 12.3 Å². The number of hydrogen-bond acceptors (Lipinski definition) is 7. The van der Waals surface area contributed by atoms with Crippen LogP contribution in [0.15, 0.2) is 53.8 Å². The number of amides is 3. The number of ether oxygens (including phenoxy) is 2. The number of piperidine rings is 1. The van der Waals surface area contributed by atoms with Crippen molar-refractivity contribution in [1.29, 1.82) is 0 Å². The molecule has 202 valence electrons. The zero-order valence-electron chi connectivity index (χ0n) is 20.5. The molecule has 1 fully saturated rings. The summed E-state index contributed by atoms with van der Waals surface area (Å²) in [6.07, 6.45) is -2.47. The second-order valence-corrected chi connectivity index (χ2v) is 8.91. The number of hydrogen-bond donors (Lipinski definition) is 2. The van der Waals surface area contributed by atoms with Gasteiger partial charge in [-0.05, 0) is 24.3 Å². The predicted molar refractivity (Wildman–Crippen MR) is 130 cm³/mol. The van der Waals surface area contributed by atoms with Crippen molar-refractivity contribution in [2.45, 2.75) is 25.3 Å². The number of hydrazone groups is 1. The lowest BCUT2D eigenvalue weighted by Crippen LogP contribution is -2.60. The molecule has 38 heavy (non-hydrogen) atoms. The fourth-order valence-corrected chi connectivity index (χ4v) is 4.65. The molecular formula is C25H27F2N5O6. The molecule has 2 atom stereocenters. The molecule has 4 rings (SSSR count). The predicted octanol–water partition coefficient (Wildman–Crippen LogP) is 2.03. The third kappa shape index (κ3) is 5.82. The van der Waals surface area contributed by atoms with Gasteiger partial charge in [-0.2, -0.15) is 5.10 Å². The molecule has 0 radical (unpaired) electrons. The zero-order chi connectivity index (χ0) is 27.3. The van der Waals surface area contributed by atoms with Crippen molar-refractivity contribution in [1.82, 2.24) is 20.2 Å². The standard InChI is InChI=1S/C25H27F2N5O6/c1-37-17-6-4-7-18(11-17)38-14-19(29-24(35)36)22(33)31-10-8-20-25(15-31,12-16-5-2-3-9-28-16)23(34)32(30-20)13-21(26)27/h2-7,9,11,19,21,29H,8,10,12-15H2,1H3,(H,35,36)/t19-,25-/m1/s1. The Kier molecular flexibility index (Phi) is 8.03. The fraction of sp³-hybridized carbons (Fsp3) is 0.400. The van der Waals surface area contributed by atoms with Crippen molar-refractivity contribution in [2.75, 3.05) is 33.4 Å². The van der Waals surface area contributed by atoms with E-state index in [2.05, 4.69) is 15.4 Å². The molecular weight excluding hydrogens is 504 g/mol. The number of methoxy groups -OCH3 is 1. The molecule has 0 saturated carbocycles. The second-order valence-electron chi connectivity index (χ2n) is 8.91. The number of nitrogens with one attached hydrogen (secondary N) is 1. The fourth-order valence-electron chi connectivity index (χ4n) is 4.65. The first-order chi connectivity index (χ1) is 18.2. The lowest BCUT2D eigenvalue weighted by atomic mass is 9.74. The SMILES string of the molecule is COc1cccc(OC[C@@H](NC(=O)O)C(=O)N2CCC3=NN(CC(F)F)C(=O)[C@]3(Cc3ccccn3)C2)c1. The number of nitrogens with zero attached hydrogens (tertiary/aromatic N) is 4. The Balaban J connectivity index is 1.57. The van der Waals surface area contributed by atoms with E-state index in [0.717, 1.165) is 5.01 Å². The maximum absolute atomic E-state index is 13.5. The van der Waals surface area contributed by atoms with Gasteiger partial charge >= 0.3 is 6.09 Å². The van der Waals surface area contributed by atoms with E-state index in [4.69, 9.17) is 9.47 Å². The highest BCUT2D eigenvalue weighted by atomic mass is 19.3. The van der Waals surface area contributed by atoms with Crippen LogP contribution in [-0.2, 0) is 16.0 Å². The largest absolute Gasteiger partial charge is 0.497 e. The lowest BCUT2D eigenvalue weighted by Gasteiger charge is -2.40. The first-order valence-corrected chi connectivity index (χ1v) is 11.8. The number of pyridine rings is 1. The number of carboxylic acid groups (broad SMARTS) is 1. The Labute approximate surface area is 217 Å². The van der Waals surface area contributed by atoms with Crippen LogP contribution in [0.1, 0.15) is 12.1 Å². The molecule has 1 aromatic heterocycles. The number of aromatic nitrogens is 1. The van der Waals surface area contributed by atoms with Gasteiger partial charge in [0.2, 0.25) is 5.91 Å². The van der Waals surface area contributed by atoms with E-state index in [1.807, 2.05) is 0 Å². The number of carbonyl (C=O) groups is 3. The monoisotopic (exact) mass is 531 g/mol. The normalized spacial score (nSPS) is 19.6. The Morgan fingerprint density at radius 3 is 2.68 bits per heavy atom. The van der Waals surface area contributed by atoms with Crippen molar-refractivity contribution in [2.24, 2.45) is 10.5 Å². The minimum atomic E-state index is -2.79. The Morgan fingerprint density at radius 1 is 1.21 bits per heavy atom. The summed E-state index contributed by atoms with van der Waals surface area (Å²) in [6, 6.07) is 10.4. The van der Waals surface area contributed by atoms with Crippen LogP contribution in [0.25, 0.3) is 0 Å². The first kappa shape index (κ1) is 26.8. The Bertz CT molecular complexity index is 1210. The molecule has 11 nitrogen and oxygen atoms in total. The summed E-state index contributed by atoms with van der Waals surface area (Å²) >= 11 is 0. The van der Waals surface area contributed by atoms with E-state index in [1.54, 1.807) is 48.7 Å². The van der Waals surface area contributed by atoms with Crippen molar-refractivity contribution in [3.05, 3.63) is 54.4 Å². The number of fused-ring (bicyclic) bond motifs is 1. The lowest BCUT2D eigenvalue weighted by molar-refractivity contribution is -0.142. The molecule has 0 unspecified atom stereocenters. The summed E-state index contributed by atoms with van der Waals surface area (Å²) < 4.78 is 37.2. The van der Waals surface area contributed by atoms with Crippen LogP contribution < -0.4 is 14.8 Å². The minimum absolute atomic E-state index is 0.0480. The molecule has 3 heterocycles. The van der Waals surface area contributed by atoms with Crippen molar-refractivity contribution in [3.63, 3.8) is 0 Å². The van der Waals surface area contributed by atoms with Gasteiger partial charge in [-0.15, -0.1) is 0 Å². The van der Waals surface area contributed by atoms with Crippen LogP contribution in [-0.4, -0.2) is 89.4 Å². The highest BCUT2D eigenvalue weighted by Gasteiger charge is 2.55. The van der Waals surface area contributed by atoms with Crippen LogP contribution in [0.3, 0.4) is 0 Å². The molecule has 2 N–H and O–H groups in total. The molecule has 0 aliphatic carbocycles. The molecule has 0 bridgehead atoms. The van der Waals surface area contributed by atoms with Gasteiger partial charge in [0.05, 0.1) is 12.8 Å². The summed E-state index contributed by atoms with van der Waals surface area (Å²) in [5, 5.41) is 16.5. The average Bonchev–Trinajstić information content (AvgIpc) is 3.16. The van der Waals surface area contributed by atoms with E-state index in [-0.39, 0.29) is 32.5 Å². The van der Waals surface area contributed by atoms with Gasteiger partial charge in [0.1, 0.15) is 36.1 Å². The van der Waals surface area contributed by atoms with Crippen LogP contribution >= 0.6 is 0 Å². The molecule has 1 saturated heterocycles. The van der Waals surface area contributed by atoms with Crippen LogP contribution in [0.2, 0.25) is 0 Å². The van der Waals surface area contributed by atoms with Crippen LogP contribution in [0, 0.1) is 5.41 Å². The van der Waals surface area contributed by atoms with Gasteiger partial charge in [-0.1, -0.05) is 12.1 Å². The van der Waals surface area contributed by atoms with Crippen molar-refractivity contribution >= 4 is 23.6 Å². The number of rotatable bonds is 10.